The Kier molecular flexibility index (Phi) is 6.30. The summed E-state index contributed by atoms with van der Waals surface area (Å²) in [6, 6.07) is 13.3. The van der Waals surface area contributed by atoms with Crippen molar-refractivity contribution in [2.75, 3.05) is 15.4 Å². The van der Waals surface area contributed by atoms with Crippen LogP contribution in [0.1, 0.15) is 5.56 Å². The quantitative estimate of drug-likeness (QED) is 0.468. The SMILES string of the molecule is N#Cc1ccc(NC(=O)Nc2cccc(Cl)c2Cl)c(NS(=O)(=O)c2cccs2)c1. The summed E-state index contributed by atoms with van der Waals surface area (Å²) < 4.78 is 27.6. The Balaban J connectivity index is 1.86. The van der Waals surface area contributed by atoms with E-state index in [1.807, 2.05) is 6.07 Å². The maximum Gasteiger partial charge on any atom is 0.323 e. The Labute approximate surface area is 180 Å². The van der Waals surface area contributed by atoms with Gasteiger partial charge in [0, 0.05) is 0 Å². The Bertz CT molecular complexity index is 1210. The molecule has 0 aliphatic heterocycles. The molecule has 7 nitrogen and oxygen atoms in total. The largest absolute Gasteiger partial charge is 0.323 e. The summed E-state index contributed by atoms with van der Waals surface area (Å²) in [5.74, 6) is 0. The van der Waals surface area contributed by atoms with Gasteiger partial charge in [-0.1, -0.05) is 35.3 Å². The molecule has 3 aromatic rings. The first-order valence-electron chi connectivity index (χ1n) is 7.92. The number of carbonyl (C=O) groups is 1. The molecule has 0 radical (unpaired) electrons. The Morgan fingerprint density at radius 2 is 1.76 bits per heavy atom. The fourth-order valence-corrected chi connectivity index (χ4v) is 4.71. The van der Waals surface area contributed by atoms with Gasteiger partial charge in [-0.15, -0.1) is 11.3 Å². The number of thiophene rings is 1. The molecular weight excluding hydrogens is 455 g/mol. The van der Waals surface area contributed by atoms with Crippen molar-refractivity contribution < 1.29 is 13.2 Å². The number of amides is 2. The fourth-order valence-electron chi connectivity index (χ4n) is 2.29. The first-order valence-corrected chi connectivity index (χ1v) is 11.0. The van der Waals surface area contributed by atoms with Crippen LogP contribution in [-0.4, -0.2) is 14.4 Å². The summed E-state index contributed by atoms with van der Waals surface area (Å²) in [6.07, 6.45) is 0. The van der Waals surface area contributed by atoms with E-state index in [9.17, 15) is 13.2 Å². The molecule has 29 heavy (non-hydrogen) atoms. The zero-order valence-electron chi connectivity index (χ0n) is 14.4. The number of nitrogens with one attached hydrogen (secondary N) is 3. The summed E-state index contributed by atoms with van der Waals surface area (Å²) in [4.78, 5) is 12.4. The number of halogens is 2. The molecule has 0 unspecified atom stereocenters. The van der Waals surface area contributed by atoms with E-state index >= 15 is 0 Å². The molecule has 0 bridgehead atoms. The Hall–Kier alpha value is -2.77. The van der Waals surface area contributed by atoms with Crippen molar-refractivity contribution in [3.63, 3.8) is 0 Å². The zero-order valence-corrected chi connectivity index (χ0v) is 17.6. The van der Waals surface area contributed by atoms with Crippen molar-refractivity contribution in [3.05, 3.63) is 69.5 Å². The lowest BCUT2D eigenvalue weighted by atomic mass is 10.2. The van der Waals surface area contributed by atoms with Gasteiger partial charge in [-0.2, -0.15) is 5.26 Å². The van der Waals surface area contributed by atoms with Gasteiger partial charge in [0.25, 0.3) is 10.0 Å². The van der Waals surface area contributed by atoms with Gasteiger partial charge in [0.15, 0.2) is 0 Å². The van der Waals surface area contributed by atoms with Crippen molar-refractivity contribution in [1.82, 2.24) is 0 Å². The minimum absolute atomic E-state index is 0.0461. The van der Waals surface area contributed by atoms with E-state index in [1.165, 1.54) is 24.3 Å². The highest BCUT2D eigenvalue weighted by Gasteiger charge is 2.19. The number of benzene rings is 2. The third kappa shape index (κ3) is 4.99. The van der Waals surface area contributed by atoms with Crippen LogP contribution in [0, 0.1) is 11.3 Å². The summed E-state index contributed by atoms with van der Waals surface area (Å²) in [6.45, 7) is 0. The van der Waals surface area contributed by atoms with E-state index in [1.54, 1.807) is 29.6 Å². The monoisotopic (exact) mass is 466 g/mol. The minimum Gasteiger partial charge on any atom is -0.306 e. The Morgan fingerprint density at radius 1 is 1.00 bits per heavy atom. The fraction of sp³-hybridized carbons (Fsp3) is 0. The Morgan fingerprint density at radius 3 is 2.45 bits per heavy atom. The highest BCUT2D eigenvalue weighted by Crippen LogP contribution is 2.31. The predicted molar refractivity (Wildman–Crippen MR) is 115 cm³/mol. The molecule has 0 aliphatic rings. The second-order valence-corrected chi connectivity index (χ2v) is 9.23. The molecule has 3 rings (SSSR count). The molecule has 0 saturated heterocycles. The smallest absolute Gasteiger partial charge is 0.306 e. The van der Waals surface area contributed by atoms with Crippen LogP contribution in [0.3, 0.4) is 0 Å². The molecule has 0 atom stereocenters. The number of carbonyl (C=O) groups excluding carboxylic acids is 1. The average Bonchev–Trinajstić information content (AvgIpc) is 3.22. The summed E-state index contributed by atoms with van der Waals surface area (Å²) in [5.41, 5.74) is 0.702. The highest BCUT2D eigenvalue weighted by molar-refractivity contribution is 7.94. The second-order valence-electron chi connectivity index (χ2n) is 5.59. The highest BCUT2D eigenvalue weighted by atomic mass is 35.5. The number of hydrogen-bond acceptors (Lipinski definition) is 5. The normalized spacial score (nSPS) is 10.8. The van der Waals surface area contributed by atoms with Gasteiger partial charge >= 0.3 is 6.03 Å². The first kappa shape index (κ1) is 21.0. The topological polar surface area (TPSA) is 111 Å². The molecule has 11 heteroatoms. The first-order chi connectivity index (χ1) is 13.8. The van der Waals surface area contributed by atoms with Gasteiger partial charge in [0.1, 0.15) is 4.21 Å². The van der Waals surface area contributed by atoms with E-state index in [4.69, 9.17) is 28.5 Å². The number of nitrogens with zero attached hydrogens (tertiary/aromatic N) is 1. The summed E-state index contributed by atoms with van der Waals surface area (Å²) >= 11 is 13.0. The van der Waals surface area contributed by atoms with Gasteiger partial charge in [0.05, 0.1) is 38.7 Å². The minimum atomic E-state index is -3.88. The van der Waals surface area contributed by atoms with E-state index in [-0.39, 0.29) is 36.9 Å². The maximum atomic E-state index is 12.5. The van der Waals surface area contributed by atoms with E-state index in [0.29, 0.717) is 0 Å². The van der Waals surface area contributed by atoms with Crippen LogP contribution >= 0.6 is 34.5 Å². The molecule has 148 valence electrons. The summed E-state index contributed by atoms with van der Waals surface area (Å²) in [7, 11) is -3.88. The van der Waals surface area contributed by atoms with Crippen LogP contribution in [0.2, 0.25) is 10.0 Å². The van der Waals surface area contributed by atoms with Crippen LogP contribution < -0.4 is 15.4 Å². The van der Waals surface area contributed by atoms with Crippen molar-refractivity contribution in [2.24, 2.45) is 0 Å². The number of hydrogen-bond donors (Lipinski definition) is 3. The third-order valence-corrected chi connectivity index (χ3v) is 7.18. The molecule has 1 heterocycles. The van der Waals surface area contributed by atoms with Crippen LogP contribution in [0.25, 0.3) is 0 Å². The number of urea groups is 1. The van der Waals surface area contributed by atoms with Crippen LogP contribution in [0.5, 0.6) is 0 Å². The predicted octanol–water partition coefficient (Wildman–Crippen LogP) is 5.37. The van der Waals surface area contributed by atoms with Crippen molar-refractivity contribution in [3.8, 4) is 6.07 Å². The molecule has 1 aromatic heterocycles. The van der Waals surface area contributed by atoms with Gasteiger partial charge in [-0.3, -0.25) is 4.72 Å². The number of rotatable bonds is 5. The molecule has 0 fully saturated rings. The zero-order chi connectivity index (χ0) is 21.0. The number of anilines is 3. The van der Waals surface area contributed by atoms with Crippen LogP contribution in [0.4, 0.5) is 21.9 Å². The van der Waals surface area contributed by atoms with E-state index < -0.39 is 16.1 Å². The van der Waals surface area contributed by atoms with Crippen LogP contribution in [0.15, 0.2) is 58.1 Å². The molecule has 3 N–H and O–H groups in total. The van der Waals surface area contributed by atoms with E-state index in [2.05, 4.69) is 15.4 Å². The van der Waals surface area contributed by atoms with E-state index in [0.717, 1.165) is 11.3 Å². The van der Waals surface area contributed by atoms with Crippen molar-refractivity contribution in [1.29, 1.82) is 5.26 Å². The average molecular weight is 467 g/mol. The van der Waals surface area contributed by atoms with Crippen LogP contribution in [-0.2, 0) is 10.0 Å². The van der Waals surface area contributed by atoms with Gasteiger partial charge in [0.2, 0.25) is 0 Å². The van der Waals surface area contributed by atoms with Crippen molar-refractivity contribution in [2.45, 2.75) is 4.21 Å². The third-order valence-electron chi connectivity index (χ3n) is 3.60. The second kappa shape index (κ2) is 8.71. The standard InChI is InChI=1S/C18H12Cl2N4O3S2/c19-12-3-1-4-14(17(12)20)23-18(25)22-13-7-6-11(10-21)9-15(13)24-29(26,27)16-5-2-8-28-16/h1-9,24H,(H2,22,23,25). The number of nitriles is 1. The molecule has 2 amide bonds. The lowest BCUT2D eigenvalue weighted by molar-refractivity contribution is 0.262. The lowest BCUT2D eigenvalue weighted by Crippen LogP contribution is -2.21. The van der Waals surface area contributed by atoms with Gasteiger partial charge in [-0.05, 0) is 41.8 Å². The van der Waals surface area contributed by atoms with Gasteiger partial charge < -0.3 is 10.6 Å². The maximum absolute atomic E-state index is 12.5. The summed E-state index contributed by atoms with van der Waals surface area (Å²) in [5, 5.41) is 16.3. The van der Waals surface area contributed by atoms with Gasteiger partial charge in [-0.25, -0.2) is 13.2 Å². The molecule has 0 saturated carbocycles. The molecule has 0 spiro atoms. The lowest BCUT2D eigenvalue weighted by Gasteiger charge is -2.14. The molecular formula is C18H12Cl2N4O3S2. The molecule has 2 aromatic carbocycles. The molecule has 0 aliphatic carbocycles. The number of sulfonamides is 1. The van der Waals surface area contributed by atoms with Crippen molar-refractivity contribution >= 4 is 67.7 Å².